The first-order valence-electron chi connectivity index (χ1n) is 3.64. The van der Waals surface area contributed by atoms with Gasteiger partial charge in [0.1, 0.15) is 0 Å². The first-order chi connectivity index (χ1) is 6.24. The summed E-state index contributed by atoms with van der Waals surface area (Å²) in [5.41, 5.74) is 1.19. The Morgan fingerprint density at radius 1 is 1.54 bits per heavy atom. The Hall–Kier alpha value is 0.680. The number of hydrogen-bond donors (Lipinski definition) is 0. The summed E-state index contributed by atoms with van der Waals surface area (Å²) in [4.78, 5) is 0. The number of alkyl halides is 1. The summed E-state index contributed by atoms with van der Waals surface area (Å²) >= 11 is 13.5. The summed E-state index contributed by atoms with van der Waals surface area (Å²) in [6, 6.07) is 4.28. The molecule has 0 N–H and O–H groups in total. The van der Waals surface area contributed by atoms with E-state index in [1.165, 1.54) is 19.2 Å². The second kappa shape index (κ2) is 4.04. The SMILES string of the molecule is ClCc1c(Br)cc2sccc2c1I. The minimum atomic E-state index is 0.560. The maximum absolute atomic E-state index is 5.87. The van der Waals surface area contributed by atoms with Crippen LogP contribution in [0.2, 0.25) is 0 Å². The fourth-order valence-electron chi connectivity index (χ4n) is 1.21. The number of thiophene rings is 1. The normalized spacial score (nSPS) is 11.0. The number of benzene rings is 1. The standard InChI is InChI=1S/C9H5BrClIS/c10-7-3-8-5(1-2-13-8)9(12)6(7)4-11/h1-3H,4H2. The van der Waals surface area contributed by atoms with Crippen LogP contribution in [0.4, 0.5) is 0 Å². The van der Waals surface area contributed by atoms with Crippen molar-refractivity contribution in [2.45, 2.75) is 5.88 Å². The Balaban J connectivity index is 2.85. The highest BCUT2D eigenvalue weighted by atomic mass is 127. The molecule has 2 aromatic rings. The Bertz CT molecular complexity index is 452. The first-order valence-corrected chi connectivity index (χ1v) is 6.92. The van der Waals surface area contributed by atoms with Crippen LogP contribution in [0.25, 0.3) is 10.1 Å². The smallest absolute Gasteiger partial charge is 0.0496 e. The van der Waals surface area contributed by atoms with Gasteiger partial charge in [-0.3, -0.25) is 0 Å². The van der Waals surface area contributed by atoms with Gasteiger partial charge in [0.05, 0.1) is 0 Å². The van der Waals surface area contributed by atoms with Gasteiger partial charge in [-0.2, -0.15) is 0 Å². The quantitative estimate of drug-likeness (QED) is 0.477. The summed E-state index contributed by atoms with van der Waals surface area (Å²) in [7, 11) is 0. The van der Waals surface area contributed by atoms with E-state index >= 15 is 0 Å². The third-order valence-corrected chi connectivity index (χ3v) is 4.95. The molecule has 0 radical (unpaired) electrons. The third-order valence-electron chi connectivity index (χ3n) is 1.88. The fourth-order valence-corrected chi connectivity index (χ4v) is 4.93. The predicted octanol–water partition coefficient (Wildman–Crippen LogP) is 5.01. The zero-order chi connectivity index (χ0) is 9.42. The van der Waals surface area contributed by atoms with Crippen molar-refractivity contribution in [3.05, 3.63) is 31.1 Å². The molecule has 0 spiro atoms. The second-order valence-corrected chi connectivity index (χ2v) is 5.77. The summed E-state index contributed by atoms with van der Waals surface area (Å²) < 4.78 is 3.69. The van der Waals surface area contributed by atoms with E-state index in [4.69, 9.17) is 11.6 Å². The Labute approximate surface area is 108 Å². The first kappa shape index (κ1) is 10.2. The van der Waals surface area contributed by atoms with E-state index in [0.29, 0.717) is 5.88 Å². The molecule has 0 aliphatic rings. The molecular formula is C9H5BrClIS. The summed E-state index contributed by atoms with van der Waals surface area (Å²) in [5, 5.41) is 3.42. The van der Waals surface area contributed by atoms with Gasteiger partial charge in [0.25, 0.3) is 0 Å². The summed E-state index contributed by atoms with van der Waals surface area (Å²) in [6.07, 6.45) is 0. The van der Waals surface area contributed by atoms with Gasteiger partial charge in [-0.15, -0.1) is 22.9 Å². The molecule has 1 aromatic carbocycles. The second-order valence-electron chi connectivity index (χ2n) is 2.62. The molecule has 2 rings (SSSR count). The van der Waals surface area contributed by atoms with Gasteiger partial charge in [-0.1, -0.05) is 15.9 Å². The van der Waals surface area contributed by atoms with Crippen LogP contribution >= 0.6 is 61.5 Å². The average molecular weight is 387 g/mol. The Morgan fingerprint density at radius 2 is 2.31 bits per heavy atom. The van der Waals surface area contributed by atoms with E-state index < -0.39 is 0 Å². The van der Waals surface area contributed by atoms with Crippen LogP contribution in [0, 0.1) is 3.57 Å². The van der Waals surface area contributed by atoms with Crippen LogP contribution < -0.4 is 0 Å². The van der Waals surface area contributed by atoms with Gasteiger partial charge < -0.3 is 0 Å². The molecule has 0 aliphatic carbocycles. The van der Waals surface area contributed by atoms with Crippen molar-refractivity contribution in [2.24, 2.45) is 0 Å². The van der Waals surface area contributed by atoms with Crippen molar-refractivity contribution in [3.63, 3.8) is 0 Å². The van der Waals surface area contributed by atoms with Crippen molar-refractivity contribution in [2.75, 3.05) is 0 Å². The van der Waals surface area contributed by atoms with Crippen LogP contribution in [0.1, 0.15) is 5.56 Å². The molecule has 0 unspecified atom stereocenters. The molecule has 0 atom stereocenters. The predicted molar refractivity (Wildman–Crippen MR) is 71.8 cm³/mol. The van der Waals surface area contributed by atoms with E-state index in [2.05, 4.69) is 56.0 Å². The van der Waals surface area contributed by atoms with Gasteiger partial charge in [0.15, 0.2) is 0 Å². The highest BCUT2D eigenvalue weighted by molar-refractivity contribution is 14.1. The fraction of sp³-hybridized carbons (Fsp3) is 0.111. The molecule has 0 saturated heterocycles. The molecule has 0 bridgehead atoms. The van der Waals surface area contributed by atoms with Crippen LogP contribution in [0.5, 0.6) is 0 Å². The van der Waals surface area contributed by atoms with Gasteiger partial charge in [0, 0.05) is 24.0 Å². The number of hydrogen-bond acceptors (Lipinski definition) is 1. The molecular weight excluding hydrogens is 382 g/mol. The zero-order valence-corrected chi connectivity index (χ0v) is 11.8. The molecule has 68 valence electrons. The van der Waals surface area contributed by atoms with Gasteiger partial charge in [-0.05, 0) is 45.7 Å². The van der Waals surface area contributed by atoms with Gasteiger partial charge in [0.2, 0.25) is 0 Å². The van der Waals surface area contributed by atoms with Gasteiger partial charge >= 0.3 is 0 Å². The van der Waals surface area contributed by atoms with E-state index in [1.807, 2.05) is 0 Å². The largest absolute Gasteiger partial charge is 0.144 e. The summed E-state index contributed by atoms with van der Waals surface area (Å²) in [5.74, 6) is 0.560. The van der Waals surface area contributed by atoms with Crippen molar-refractivity contribution < 1.29 is 0 Å². The minimum Gasteiger partial charge on any atom is -0.144 e. The van der Waals surface area contributed by atoms with Crippen molar-refractivity contribution in [1.82, 2.24) is 0 Å². The van der Waals surface area contributed by atoms with E-state index in [0.717, 1.165) is 4.47 Å². The molecule has 0 aliphatic heterocycles. The Morgan fingerprint density at radius 3 is 3.00 bits per heavy atom. The Kier molecular flexibility index (Phi) is 3.18. The molecule has 0 fully saturated rings. The highest BCUT2D eigenvalue weighted by Crippen LogP contribution is 2.34. The van der Waals surface area contributed by atoms with Crippen molar-refractivity contribution >= 4 is 71.5 Å². The van der Waals surface area contributed by atoms with Crippen LogP contribution in [-0.2, 0) is 5.88 Å². The number of rotatable bonds is 1. The molecule has 1 heterocycles. The van der Waals surface area contributed by atoms with Gasteiger partial charge in [-0.25, -0.2) is 0 Å². The van der Waals surface area contributed by atoms with Crippen molar-refractivity contribution in [3.8, 4) is 0 Å². The molecule has 0 amide bonds. The lowest BCUT2D eigenvalue weighted by Crippen LogP contribution is -1.86. The number of halogens is 3. The van der Waals surface area contributed by atoms with Crippen LogP contribution in [0.15, 0.2) is 22.0 Å². The molecule has 0 nitrogen and oxygen atoms in total. The third kappa shape index (κ3) is 1.76. The molecule has 4 heteroatoms. The van der Waals surface area contributed by atoms with Crippen molar-refractivity contribution in [1.29, 1.82) is 0 Å². The molecule has 0 saturated carbocycles. The van der Waals surface area contributed by atoms with E-state index in [-0.39, 0.29) is 0 Å². The number of fused-ring (bicyclic) bond motifs is 1. The van der Waals surface area contributed by atoms with E-state index in [9.17, 15) is 0 Å². The topological polar surface area (TPSA) is 0 Å². The zero-order valence-electron chi connectivity index (χ0n) is 6.48. The lowest BCUT2D eigenvalue weighted by molar-refractivity contribution is 1.37. The maximum atomic E-state index is 5.87. The monoisotopic (exact) mass is 386 g/mol. The minimum absolute atomic E-state index is 0.560. The maximum Gasteiger partial charge on any atom is 0.0496 e. The molecule has 13 heavy (non-hydrogen) atoms. The van der Waals surface area contributed by atoms with E-state index in [1.54, 1.807) is 11.3 Å². The van der Waals surface area contributed by atoms with Crippen LogP contribution in [0.3, 0.4) is 0 Å². The summed E-state index contributed by atoms with van der Waals surface area (Å²) in [6.45, 7) is 0. The average Bonchev–Trinajstić information content (AvgIpc) is 2.53. The van der Waals surface area contributed by atoms with Crippen LogP contribution in [-0.4, -0.2) is 0 Å². The lowest BCUT2D eigenvalue weighted by Gasteiger charge is -2.04. The highest BCUT2D eigenvalue weighted by Gasteiger charge is 2.09. The molecule has 1 aromatic heterocycles. The lowest BCUT2D eigenvalue weighted by atomic mass is 10.2.